The smallest absolute Gasteiger partial charge is 0.309 e. The van der Waals surface area contributed by atoms with Crippen LogP contribution in [0.1, 0.15) is 92.4 Å². The first-order valence-corrected chi connectivity index (χ1v) is 11.0. The Morgan fingerprint density at radius 2 is 1.67 bits per heavy atom. The van der Waals surface area contributed by atoms with Crippen LogP contribution in [0.3, 0.4) is 0 Å². The minimum Gasteiger partial charge on any atom is -0.481 e. The van der Waals surface area contributed by atoms with E-state index in [1.54, 1.807) is 0 Å². The summed E-state index contributed by atoms with van der Waals surface area (Å²) in [6, 6.07) is 0. The predicted molar refractivity (Wildman–Crippen MR) is 107 cm³/mol. The third kappa shape index (κ3) is 4.51. The molecule has 0 bridgehead atoms. The van der Waals surface area contributed by atoms with E-state index in [4.69, 9.17) is 4.74 Å². The number of unbranched alkanes of at least 4 members (excludes halogenated alkanes) is 1. The van der Waals surface area contributed by atoms with E-state index in [-0.39, 0.29) is 16.8 Å². The van der Waals surface area contributed by atoms with Gasteiger partial charge >= 0.3 is 11.9 Å². The first-order chi connectivity index (χ1) is 12.6. The minimum atomic E-state index is -0.850. The van der Waals surface area contributed by atoms with Crippen LogP contribution in [-0.2, 0) is 14.3 Å². The summed E-state index contributed by atoms with van der Waals surface area (Å²) in [6.45, 7) is 12.2. The zero-order chi connectivity index (χ0) is 20.2. The average Bonchev–Trinajstić information content (AvgIpc) is 2.64. The Labute approximate surface area is 165 Å². The van der Waals surface area contributed by atoms with Crippen molar-refractivity contribution in [2.45, 2.75) is 92.4 Å². The van der Waals surface area contributed by atoms with E-state index in [0.717, 1.165) is 32.1 Å². The van der Waals surface area contributed by atoms with Crippen LogP contribution < -0.4 is 0 Å². The first-order valence-electron chi connectivity index (χ1n) is 11.0. The topological polar surface area (TPSA) is 63.6 Å². The Morgan fingerprint density at radius 1 is 1.04 bits per heavy atom. The molecule has 27 heavy (non-hydrogen) atoms. The summed E-state index contributed by atoms with van der Waals surface area (Å²) in [7, 11) is 0. The number of carbonyl (C=O) groups excluding carboxylic acids is 1. The lowest BCUT2D eigenvalue weighted by atomic mass is 9.49. The number of carboxylic acid groups (broad SMARTS) is 1. The van der Waals surface area contributed by atoms with Crippen molar-refractivity contribution >= 4 is 11.9 Å². The molecule has 2 saturated carbocycles. The van der Waals surface area contributed by atoms with Crippen molar-refractivity contribution in [2.75, 3.05) is 6.61 Å². The molecular weight excluding hydrogens is 340 g/mol. The van der Waals surface area contributed by atoms with Crippen LogP contribution in [0.2, 0.25) is 0 Å². The number of carbonyl (C=O) groups is 2. The lowest BCUT2D eigenvalue weighted by molar-refractivity contribution is -0.165. The highest BCUT2D eigenvalue weighted by Crippen LogP contribution is 2.58. The molecule has 0 aromatic carbocycles. The molecule has 4 heteroatoms. The Kier molecular flexibility index (Phi) is 7.38. The fourth-order valence-corrected chi connectivity index (χ4v) is 5.56. The van der Waals surface area contributed by atoms with Crippen LogP contribution in [0.25, 0.3) is 0 Å². The minimum absolute atomic E-state index is 0.139. The number of hydrogen-bond acceptors (Lipinski definition) is 3. The number of esters is 1. The van der Waals surface area contributed by atoms with Crippen molar-refractivity contribution in [1.82, 2.24) is 0 Å². The van der Waals surface area contributed by atoms with Crippen molar-refractivity contribution in [3.8, 4) is 0 Å². The highest BCUT2D eigenvalue weighted by molar-refractivity contribution is 5.81. The van der Waals surface area contributed by atoms with Crippen molar-refractivity contribution in [3.63, 3.8) is 0 Å². The van der Waals surface area contributed by atoms with Gasteiger partial charge in [0.25, 0.3) is 0 Å². The Balaban J connectivity index is 2.07. The fraction of sp³-hybridized carbons (Fsp3) is 0.913. The monoisotopic (exact) mass is 380 g/mol. The molecule has 2 rings (SSSR count). The Bertz CT molecular complexity index is 526. The molecule has 5 atom stereocenters. The summed E-state index contributed by atoms with van der Waals surface area (Å²) < 4.78 is 5.80. The van der Waals surface area contributed by atoms with E-state index >= 15 is 0 Å². The molecule has 2 fully saturated rings. The van der Waals surface area contributed by atoms with Gasteiger partial charge in [-0.2, -0.15) is 0 Å². The largest absolute Gasteiger partial charge is 0.481 e. The molecule has 0 aliphatic heterocycles. The van der Waals surface area contributed by atoms with Gasteiger partial charge in [0.1, 0.15) is 0 Å². The van der Waals surface area contributed by atoms with Gasteiger partial charge in [-0.1, -0.05) is 60.3 Å². The molecule has 5 unspecified atom stereocenters. The molecule has 0 aromatic rings. The predicted octanol–water partition coefficient (Wildman–Crippen LogP) is 5.69. The number of hydrogen-bond donors (Lipinski definition) is 1. The van der Waals surface area contributed by atoms with Gasteiger partial charge in [0.05, 0.1) is 18.4 Å². The van der Waals surface area contributed by atoms with E-state index in [0.29, 0.717) is 31.3 Å². The van der Waals surface area contributed by atoms with Gasteiger partial charge in [0.15, 0.2) is 0 Å². The van der Waals surface area contributed by atoms with Crippen LogP contribution in [0.5, 0.6) is 0 Å². The van der Waals surface area contributed by atoms with E-state index in [1.165, 1.54) is 12.8 Å². The first kappa shape index (κ1) is 22.2. The Hall–Kier alpha value is -1.06. The molecule has 0 heterocycles. The van der Waals surface area contributed by atoms with Crippen LogP contribution in [0, 0.1) is 34.5 Å². The third-order valence-corrected chi connectivity index (χ3v) is 8.42. The second kappa shape index (κ2) is 8.96. The van der Waals surface area contributed by atoms with Gasteiger partial charge in [-0.3, -0.25) is 9.59 Å². The molecule has 0 spiro atoms. The summed E-state index contributed by atoms with van der Waals surface area (Å²) in [6.07, 6.45) is 8.84. The van der Waals surface area contributed by atoms with Gasteiger partial charge in [-0.15, -0.1) is 0 Å². The van der Waals surface area contributed by atoms with Crippen molar-refractivity contribution in [3.05, 3.63) is 0 Å². The molecule has 0 amide bonds. The summed E-state index contributed by atoms with van der Waals surface area (Å²) in [5.41, 5.74) is 0.339. The maximum absolute atomic E-state index is 12.7. The number of ether oxygens (including phenoxy) is 1. The van der Waals surface area contributed by atoms with Crippen molar-refractivity contribution in [2.24, 2.45) is 34.5 Å². The molecule has 4 nitrogen and oxygen atoms in total. The van der Waals surface area contributed by atoms with E-state index in [2.05, 4.69) is 34.6 Å². The molecule has 0 radical (unpaired) electrons. The van der Waals surface area contributed by atoms with Crippen molar-refractivity contribution in [1.29, 1.82) is 0 Å². The summed E-state index contributed by atoms with van der Waals surface area (Å²) in [5.74, 6) is -1.16. The maximum atomic E-state index is 12.7. The number of rotatable bonds is 7. The van der Waals surface area contributed by atoms with E-state index in [1.807, 2.05) is 0 Å². The van der Waals surface area contributed by atoms with E-state index < -0.39 is 17.8 Å². The SMILES string of the molecule is CCCCC1(C)C(COC(=O)C2CCCCC2C(=O)O)CCC(C)C1(C)C. The second-order valence-electron chi connectivity index (χ2n) is 9.88. The van der Waals surface area contributed by atoms with Gasteiger partial charge in [0.2, 0.25) is 0 Å². The lowest BCUT2D eigenvalue weighted by Gasteiger charge is -2.56. The Morgan fingerprint density at radius 3 is 2.26 bits per heavy atom. The van der Waals surface area contributed by atoms with Gasteiger partial charge in [0, 0.05) is 0 Å². The molecule has 156 valence electrons. The summed E-state index contributed by atoms with van der Waals surface area (Å²) in [5, 5.41) is 9.44. The maximum Gasteiger partial charge on any atom is 0.309 e. The molecule has 2 aliphatic rings. The van der Waals surface area contributed by atoms with Gasteiger partial charge in [-0.05, 0) is 54.8 Å². The normalized spacial score (nSPS) is 36.2. The third-order valence-electron chi connectivity index (χ3n) is 8.42. The van der Waals surface area contributed by atoms with Gasteiger partial charge in [-0.25, -0.2) is 0 Å². The van der Waals surface area contributed by atoms with Crippen LogP contribution in [0.15, 0.2) is 0 Å². The summed E-state index contributed by atoms with van der Waals surface area (Å²) in [4.78, 5) is 24.2. The highest BCUT2D eigenvalue weighted by Gasteiger charge is 2.52. The van der Waals surface area contributed by atoms with Crippen LogP contribution in [0.4, 0.5) is 0 Å². The molecule has 0 saturated heterocycles. The number of aliphatic carboxylic acids is 1. The highest BCUT2D eigenvalue weighted by atomic mass is 16.5. The zero-order valence-corrected chi connectivity index (χ0v) is 18.1. The van der Waals surface area contributed by atoms with E-state index in [9.17, 15) is 14.7 Å². The lowest BCUT2D eigenvalue weighted by Crippen LogP contribution is -2.50. The molecule has 1 N–H and O–H groups in total. The zero-order valence-electron chi connectivity index (χ0n) is 18.1. The number of carboxylic acids is 1. The standard InChI is InChI=1S/C23H40O4/c1-6-7-14-23(5)17(13-12-16(2)22(23,3)4)15-27-21(26)19-11-9-8-10-18(19)20(24)25/h16-19H,6-15H2,1-5H3,(H,24,25). The molecule has 2 aliphatic carbocycles. The molecular formula is C23H40O4. The van der Waals surface area contributed by atoms with Crippen LogP contribution >= 0.6 is 0 Å². The van der Waals surface area contributed by atoms with Crippen LogP contribution in [-0.4, -0.2) is 23.7 Å². The van der Waals surface area contributed by atoms with Crippen molar-refractivity contribution < 1.29 is 19.4 Å². The fourth-order valence-electron chi connectivity index (χ4n) is 5.56. The quantitative estimate of drug-likeness (QED) is 0.576. The summed E-state index contributed by atoms with van der Waals surface area (Å²) >= 11 is 0. The van der Waals surface area contributed by atoms with Gasteiger partial charge < -0.3 is 9.84 Å². The molecule has 0 aromatic heterocycles. The second-order valence-corrected chi connectivity index (χ2v) is 9.88. The average molecular weight is 381 g/mol.